The maximum absolute atomic E-state index is 14.5. The molecule has 0 aliphatic heterocycles. The quantitative estimate of drug-likeness (QED) is 0.361. The van der Waals surface area contributed by atoms with Gasteiger partial charge in [-0.25, -0.2) is 9.18 Å². The van der Waals surface area contributed by atoms with Crippen molar-refractivity contribution in [1.82, 2.24) is 4.72 Å². The molecule has 5 nitrogen and oxygen atoms in total. The molecule has 0 atom stereocenters. The van der Waals surface area contributed by atoms with Crippen molar-refractivity contribution in [3.63, 3.8) is 0 Å². The van der Waals surface area contributed by atoms with Gasteiger partial charge in [0.05, 0.1) is 16.9 Å². The van der Waals surface area contributed by atoms with E-state index in [0.29, 0.717) is 27.3 Å². The van der Waals surface area contributed by atoms with Crippen LogP contribution in [0, 0.1) is 5.82 Å². The molecular formula is C25H35FN2O3S. The fourth-order valence-electron chi connectivity index (χ4n) is 3.40. The van der Waals surface area contributed by atoms with Gasteiger partial charge in [0.15, 0.2) is 0 Å². The first-order valence-corrected chi connectivity index (χ1v) is 11.6. The second-order valence-corrected chi connectivity index (χ2v) is 10.6. The molecule has 0 fully saturated rings. The lowest BCUT2D eigenvalue weighted by Crippen LogP contribution is -2.25. The van der Waals surface area contributed by atoms with Crippen molar-refractivity contribution in [2.75, 3.05) is 5.32 Å². The van der Waals surface area contributed by atoms with Crippen molar-refractivity contribution in [3.05, 3.63) is 58.4 Å². The lowest BCUT2D eigenvalue weighted by Gasteiger charge is -2.24. The molecule has 0 saturated heterocycles. The van der Waals surface area contributed by atoms with Crippen LogP contribution in [0.4, 0.5) is 14.9 Å². The van der Waals surface area contributed by atoms with Crippen molar-refractivity contribution in [1.29, 1.82) is 0 Å². The van der Waals surface area contributed by atoms with E-state index in [4.69, 9.17) is 0 Å². The van der Waals surface area contributed by atoms with E-state index in [1.807, 2.05) is 27.7 Å². The van der Waals surface area contributed by atoms with E-state index in [9.17, 15) is 19.4 Å². The van der Waals surface area contributed by atoms with Gasteiger partial charge in [-0.1, -0.05) is 39.8 Å². The molecule has 2 aromatic rings. The maximum atomic E-state index is 14.5. The summed E-state index contributed by atoms with van der Waals surface area (Å²) in [5.74, 6) is -0.344. The van der Waals surface area contributed by atoms with Crippen LogP contribution in [-0.2, 0) is 11.2 Å². The maximum Gasteiger partial charge on any atom is 0.329 e. The van der Waals surface area contributed by atoms with Crippen LogP contribution in [-0.4, -0.2) is 16.2 Å². The highest BCUT2D eigenvalue weighted by Crippen LogP contribution is 2.35. The number of rotatable bonds is 7. The van der Waals surface area contributed by atoms with Crippen LogP contribution in [0.1, 0.15) is 89.5 Å². The van der Waals surface area contributed by atoms with Gasteiger partial charge in [-0.3, -0.25) is 4.72 Å². The Balaban J connectivity index is 2.31. The van der Waals surface area contributed by atoms with Crippen molar-refractivity contribution < 1.29 is 19.4 Å². The molecule has 0 aliphatic rings. The first-order chi connectivity index (χ1) is 14.6. The summed E-state index contributed by atoms with van der Waals surface area (Å²) in [7, 11) is 0. The van der Waals surface area contributed by atoms with Crippen LogP contribution in [0.15, 0.2) is 35.2 Å². The third-order valence-electron chi connectivity index (χ3n) is 5.24. The molecular weight excluding hydrogens is 427 g/mol. The average molecular weight is 463 g/mol. The molecule has 0 aliphatic carbocycles. The number of amides is 2. The molecule has 2 amide bonds. The minimum absolute atomic E-state index is 0.102. The number of hydrogen-bond donors (Lipinski definition) is 4. The Bertz CT molecular complexity index is 944. The SMILES string of the molecule is CC(C)c1ccc(F)c(C(C)C)c1NC(=O)NSc1cc(C(C)(C)O)cc(C(C)(C)O)c1. The minimum atomic E-state index is -1.11. The van der Waals surface area contributed by atoms with Crippen molar-refractivity contribution >= 4 is 23.7 Å². The van der Waals surface area contributed by atoms with Gasteiger partial charge in [0.25, 0.3) is 0 Å². The van der Waals surface area contributed by atoms with E-state index < -0.39 is 17.2 Å². The minimum Gasteiger partial charge on any atom is -0.386 e. The van der Waals surface area contributed by atoms with E-state index in [-0.39, 0.29) is 17.7 Å². The Hall–Kier alpha value is -2.09. The zero-order valence-corrected chi connectivity index (χ0v) is 20.9. The van der Waals surface area contributed by atoms with Gasteiger partial charge in [-0.05, 0) is 86.4 Å². The highest BCUT2D eigenvalue weighted by molar-refractivity contribution is 7.98. The lowest BCUT2D eigenvalue weighted by molar-refractivity contribution is 0.0713. The molecule has 0 spiro atoms. The zero-order chi connectivity index (χ0) is 24.4. The number of anilines is 1. The van der Waals surface area contributed by atoms with Crippen molar-refractivity contribution in [3.8, 4) is 0 Å². The van der Waals surface area contributed by atoms with Gasteiger partial charge in [0, 0.05) is 10.5 Å². The van der Waals surface area contributed by atoms with Crippen molar-refractivity contribution in [2.45, 2.75) is 83.3 Å². The highest BCUT2D eigenvalue weighted by Gasteiger charge is 2.24. The number of urea groups is 1. The van der Waals surface area contributed by atoms with Crippen LogP contribution in [0.5, 0.6) is 0 Å². The summed E-state index contributed by atoms with van der Waals surface area (Å²) in [5, 5.41) is 23.7. The molecule has 0 saturated carbocycles. The number of hydrogen-bond acceptors (Lipinski definition) is 4. The van der Waals surface area contributed by atoms with E-state index in [2.05, 4.69) is 10.0 Å². The summed E-state index contributed by atoms with van der Waals surface area (Å²) < 4.78 is 17.3. The van der Waals surface area contributed by atoms with Gasteiger partial charge in [-0.15, -0.1) is 0 Å². The van der Waals surface area contributed by atoms with Crippen LogP contribution >= 0.6 is 11.9 Å². The Kier molecular flexibility index (Phi) is 8.02. The van der Waals surface area contributed by atoms with E-state index in [1.165, 1.54) is 6.07 Å². The third-order valence-corrected chi connectivity index (χ3v) is 6.00. The lowest BCUT2D eigenvalue weighted by atomic mass is 9.91. The average Bonchev–Trinajstić information content (AvgIpc) is 2.64. The fourth-order valence-corrected chi connectivity index (χ4v) is 4.04. The van der Waals surface area contributed by atoms with E-state index in [1.54, 1.807) is 52.0 Å². The predicted octanol–water partition coefficient (Wildman–Crippen LogP) is 6.36. The number of aliphatic hydroxyl groups is 2. The Labute approximate surface area is 195 Å². The number of nitrogens with one attached hydrogen (secondary N) is 2. The normalized spacial score (nSPS) is 12.4. The van der Waals surface area contributed by atoms with Crippen LogP contribution in [0.3, 0.4) is 0 Å². The number of halogens is 1. The van der Waals surface area contributed by atoms with Gasteiger partial charge in [-0.2, -0.15) is 0 Å². The van der Waals surface area contributed by atoms with Gasteiger partial charge in [0.2, 0.25) is 0 Å². The number of benzene rings is 2. The van der Waals surface area contributed by atoms with E-state index >= 15 is 0 Å². The third kappa shape index (κ3) is 6.47. The van der Waals surface area contributed by atoms with Gasteiger partial charge >= 0.3 is 6.03 Å². The first-order valence-electron chi connectivity index (χ1n) is 10.8. The van der Waals surface area contributed by atoms with Crippen LogP contribution in [0.2, 0.25) is 0 Å². The summed E-state index contributed by atoms with van der Waals surface area (Å²) >= 11 is 1.06. The van der Waals surface area contributed by atoms with Gasteiger partial charge < -0.3 is 15.5 Å². The summed E-state index contributed by atoms with van der Waals surface area (Å²) in [6.45, 7) is 14.4. The largest absolute Gasteiger partial charge is 0.386 e. The molecule has 0 bridgehead atoms. The molecule has 2 rings (SSSR count). The van der Waals surface area contributed by atoms with Crippen LogP contribution in [0.25, 0.3) is 0 Å². The highest BCUT2D eigenvalue weighted by atomic mass is 32.2. The smallest absolute Gasteiger partial charge is 0.329 e. The Morgan fingerprint density at radius 3 is 1.91 bits per heavy atom. The summed E-state index contributed by atoms with van der Waals surface area (Å²) in [6, 6.07) is 7.95. The number of carbonyl (C=O) groups excluding carboxylic acids is 1. The fraction of sp³-hybridized carbons (Fsp3) is 0.480. The molecule has 2 aromatic carbocycles. The molecule has 7 heteroatoms. The molecule has 0 radical (unpaired) electrons. The molecule has 176 valence electrons. The second kappa shape index (κ2) is 9.81. The van der Waals surface area contributed by atoms with Crippen LogP contribution < -0.4 is 10.0 Å². The van der Waals surface area contributed by atoms with Crippen molar-refractivity contribution in [2.24, 2.45) is 0 Å². The second-order valence-electron chi connectivity index (χ2n) is 9.76. The van der Waals surface area contributed by atoms with E-state index in [0.717, 1.165) is 17.5 Å². The monoisotopic (exact) mass is 462 g/mol. The topological polar surface area (TPSA) is 81.6 Å². The summed E-state index contributed by atoms with van der Waals surface area (Å²) in [6.07, 6.45) is 0. The molecule has 0 aromatic heterocycles. The predicted molar refractivity (Wildman–Crippen MR) is 130 cm³/mol. The Morgan fingerprint density at radius 1 is 0.938 bits per heavy atom. The molecule has 4 N–H and O–H groups in total. The summed E-state index contributed by atoms with van der Waals surface area (Å²) in [5.41, 5.74) is 0.855. The first kappa shape index (κ1) is 26.2. The zero-order valence-electron chi connectivity index (χ0n) is 20.1. The molecule has 0 heterocycles. The van der Waals surface area contributed by atoms with Gasteiger partial charge in [0.1, 0.15) is 5.82 Å². The summed E-state index contributed by atoms with van der Waals surface area (Å²) in [4.78, 5) is 13.4. The number of carbonyl (C=O) groups is 1. The standard InChI is InChI=1S/C25H35FN2O3S/c1-14(2)19-9-10-20(26)21(15(3)4)22(19)27-23(29)28-32-18-12-16(24(5,6)30)11-17(13-18)25(7,8)31/h9-15,30-31H,1-8H3,(H2,27,28,29). The Morgan fingerprint density at radius 2 is 1.47 bits per heavy atom. The molecule has 0 unspecified atom stereocenters. The molecule has 32 heavy (non-hydrogen) atoms.